The summed E-state index contributed by atoms with van der Waals surface area (Å²) in [6.45, 7) is 0.158. The first-order valence-corrected chi connectivity index (χ1v) is 16.6. The number of pyridine rings is 1. The number of likely N-dealkylation sites (tertiary alicyclic amines) is 1. The summed E-state index contributed by atoms with van der Waals surface area (Å²) in [5.74, 6) is -2.08. The number of imide groups is 1. The molecule has 4 heterocycles. The molecule has 2 atom stereocenters. The smallest absolute Gasteiger partial charge is 0.416 e. The predicted octanol–water partition coefficient (Wildman–Crippen LogP) is 3.51. The van der Waals surface area contributed by atoms with Gasteiger partial charge in [0.15, 0.2) is 0 Å². The number of amides is 6. The minimum atomic E-state index is -4.58. The second-order valence-corrected chi connectivity index (χ2v) is 12.7. The van der Waals surface area contributed by atoms with E-state index in [-0.39, 0.29) is 55.9 Å². The Morgan fingerprint density at radius 2 is 1.69 bits per heavy atom. The molecule has 17 heteroatoms. The first kappa shape index (κ1) is 36.1. The van der Waals surface area contributed by atoms with Crippen LogP contribution in [0.5, 0.6) is 5.75 Å². The number of anilines is 2. The van der Waals surface area contributed by atoms with Gasteiger partial charge in [-0.3, -0.25) is 29.5 Å². The highest BCUT2D eigenvalue weighted by Crippen LogP contribution is 2.35. The number of urea groups is 1. The van der Waals surface area contributed by atoms with Crippen molar-refractivity contribution in [2.75, 3.05) is 49.5 Å². The average molecular weight is 726 g/mol. The quantitative estimate of drug-likeness (QED) is 0.224. The largest absolute Gasteiger partial charge is 0.476 e. The predicted molar refractivity (Wildman–Crippen MR) is 178 cm³/mol. The molecule has 3 aliphatic rings. The average Bonchev–Trinajstić information content (AvgIpc) is 3.46. The molecule has 3 aromatic rings. The lowest BCUT2D eigenvalue weighted by Crippen LogP contribution is -2.64. The van der Waals surface area contributed by atoms with Crippen LogP contribution in [0.2, 0.25) is 0 Å². The zero-order valence-electron chi connectivity index (χ0n) is 27.7. The van der Waals surface area contributed by atoms with E-state index in [0.717, 1.165) is 24.3 Å². The zero-order valence-corrected chi connectivity index (χ0v) is 27.7. The molecule has 6 rings (SSSR count). The number of hydrogen-bond donors (Lipinski definition) is 3. The van der Waals surface area contributed by atoms with Gasteiger partial charge in [-0.05, 0) is 60.9 Å². The number of aromatic nitrogens is 1. The highest BCUT2D eigenvalue weighted by atomic mass is 19.4. The van der Waals surface area contributed by atoms with E-state index in [9.17, 15) is 41.5 Å². The molecular formula is C35H35F4N7O6. The number of para-hydroxylation sites is 2. The molecule has 6 amide bonds. The summed E-state index contributed by atoms with van der Waals surface area (Å²) in [5.41, 5.74) is -1.26. The van der Waals surface area contributed by atoms with E-state index in [1.165, 1.54) is 23.4 Å². The third kappa shape index (κ3) is 7.77. The number of carbonyl (C=O) groups excluding carboxylic acids is 5. The third-order valence-electron chi connectivity index (χ3n) is 9.25. The summed E-state index contributed by atoms with van der Waals surface area (Å²) in [6.07, 6.45) is -1.74. The standard InChI is InChI=1S/C35H35F4N7O6/c36-19-22-10-12-40-20-25(22)31(49)46-13-3-11-34(21-46,52-24-8-6-23(7-9-24)35(37,38)39)32(50)45-16-14-44(15-17-45)28-5-2-1-4-26(28)41-29(47)18-27-30(48)43-33(51)42-27/h1-2,4-10,12,20,27H,3,11,13-19,21H2,(H,41,47)(H2,42,43,48,51). The number of ether oxygens (including phenoxy) is 1. The molecular weight excluding hydrogens is 690 g/mol. The Hall–Kier alpha value is -5.74. The van der Waals surface area contributed by atoms with Crippen LogP contribution in [0.15, 0.2) is 67.0 Å². The van der Waals surface area contributed by atoms with Crippen LogP contribution in [0.1, 0.15) is 40.7 Å². The lowest BCUT2D eigenvalue weighted by molar-refractivity contribution is -0.153. The van der Waals surface area contributed by atoms with Gasteiger partial charge in [-0.2, -0.15) is 13.2 Å². The van der Waals surface area contributed by atoms with Crippen molar-refractivity contribution in [2.45, 2.75) is 43.8 Å². The number of carbonyl (C=O) groups is 5. The highest BCUT2D eigenvalue weighted by molar-refractivity contribution is 6.07. The van der Waals surface area contributed by atoms with E-state index in [1.807, 2.05) is 4.90 Å². The zero-order chi connectivity index (χ0) is 37.0. The highest BCUT2D eigenvalue weighted by Gasteiger charge is 2.49. The molecule has 52 heavy (non-hydrogen) atoms. The van der Waals surface area contributed by atoms with Gasteiger partial charge in [0.1, 0.15) is 18.5 Å². The van der Waals surface area contributed by atoms with Crippen molar-refractivity contribution in [1.29, 1.82) is 0 Å². The summed E-state index contributed by atoms with van der Waals surface area (Å²) in [6, 6.07) is 10.7. The molecule has 3 aliphatic heterocycles. The normalized spacial score (nSPS) is 20.6. The maximum Gasteiger partial charge on any atom is 0.416 e. The van der Waals surface area contributed by atoms with Crippen molar-refractivity contribution in [3.8, 4) is 5.75 Å². The fourth-order valence-electron chi connectivity index (χ4n) is 6.62. The number of nitrogens with zero attached hydrogens (tertiary/aromatic N) is 4. The fourth-order valence-corrected chi connectivity index (χ4v) is 6.62. The summed E-state index contributed by atoms with van der Waals surface area (Å²) in [7, 11) is 0. The van der Waals surface area contributed by atoms with Crippen LogP contribution in [0.3, 0.4) is 0 Å². The maximum absolute atomic E-state index is 14.5. The molecule has 2 unspecified atom stereocenters. The molecule has 3 N–H and O–H groups in total. The van der Waals surface area contributed by atoms with Crippen LogP contribution in [0.25, 0.3) is 0 Å². The van der Waals surface area contributed by atoms with Gasteiger partial charge in [0, 0.05) is 45.1 Å². The van der Waals surface area contributed by atoms with E-state index >= 15 is 0 Å². The lowest BCUT2D eigenvalue weighted by atomic mass is 9.89. The Morgan fingerprint density at radius 1 is 0.962 bits per heavy atom. The van der Waals surface area contributed by atoms with Gasteiger partial charge < -0.3 is 30.1 Å². The molecule has 0 aliphatic carbocycles. The third-order valence-corrected chi connectivity index (χ3v) is 9.25. The Balaban J connectivity index is 1.19. The number of halogens is 4. The lowest BCUT2D eigenvalue weighted by Gasteiger charge is -2.45. The van der Waals surface area contributed by atoms with Crippen molar-refractivity contribution in [3.63, 3.8) is 0 Å². The second-order valence-electron chi connectivity index (χ2n) is 12.7. The first-order chi connectivity index (χ1) is 24.9. The van der Waals surface area contributed by atoms with Crippen LogP contribution in [-0.4, -0.2) is 95.4 Å². The summed E-state index contributed by atoms with van der Waals surface area (Å²) in [4.78, 5) is 73.1. The Kier molecular flexibility index (Phi) is 10.3. The van der Waals surface area contributed by atoms with Gasteiger partial charge >= 0.3 is 12.2 Å². The Labute approximate surface area is 295 Å². The molecule has 3 saturated heterocycles. The van der Waals surface area contributed by atoms with Gasteiger partial charge in [-0.25, -0.2) is 9.18 Å². The second kappa shape index (κ2) is 14.9. The summed E-state index contributed by atoms with van der Waals surface area (Å²) >= 11 is 0. The van der Waals surface area contributed by atoms with Crippen LogP contribution in [0, 0.1) is 0 Å². The maximum atomic E-state index is 14.5. The molecule has 0 saturated carbocycles. The number of benzene rings is 2. The fraction of sp³-hybridized carbons (Fsp3) is 0.371. The molecule has 0 radical (unpaired) electrons. The molecule has 1 aromatic heterocycles. The van der Waals surface area contributed by atoms with E-state index in [4.69, 9.17) is 4.74 Å². The summed E-state index contributed by atoms with van der Waals surface area (Å²) < 4.78 is 60.0. The number of piperazine rings is 1. The van der Waals surface area contributed by atoms with Crippen molar-refractivity contribution < 1.29 is 46.3 Å². The minimum Gasteiger partial charge on any atom is -0.476 e. The van der Waals surface area contributed by atoms with E-state index in [2.05, 4.69) is 20.9 Å². The van der Waals surface area contributed by atoms with Gasteiger partial charge in [0.05, 0.1) is 35.5 Å². The van der Waals surface area contributed by atoms with E-state index < -0.39 is 59.7 Å². The number of hydrogen-bond acceptors (Lipinski definition) is 8. The van der Waals surface area contributed by atoms with E-state index in [1.54, 1.807) is 29.2 Å². The Bertz CT molecular complexity index is 1850. The number of nitrogens with one attached hydrogen (secondary N) is 3. The minimum absolute atomic E-state index is 0.0134. The van der Waals surface area contributed by atoms with Crippen molar-refractivity contribution >= 4 is 41.0 Å². The molecule has 0 spiro atoms. The Morgan fingerprint density at radius 3 is 2.37 bits per heavy atom. The van der Waals surface area contributed by atoms with Crippen LogP contribution < -0.4 is 25.6 Å². The monoisotopic (exact) mass is 725 g/mol. The molecule has 3 fully saturated rings. The van der Waals surface area contributed by atoms with E-state index in [0.29, 0.717) is 30.9 Å². The number of piperidine rings is 1. The van der Waals surface area contributed by atoms with Gasteiger partial charge in [0.2, 0.25) is 11.5 Å². The van der Waals surface area contributed by atoms with Gasteiger partial charge in [0.25, 0.3) is 17.7 Å². The first-order valence-electron chi connectivity index (χ1n) is 16.6. The number of rotatable bonds is 9. The van der Waals surface area contributed by atoms with Crippen LogP contribution in [0.4, 0.5) is 33.7 Å². The molecule has 13 nitrogen and oxygen atoms in total. The molecule has 274 valence electrons. The molecule has 2 aromatic carbocycles. The SMILES string of the molecule is O=C(CC1NC(=O)NC1=O)Nc1ccccc1N1CCN(C(=O)C2(Oc3ccc(C(F)(F)F)cc3)CCCN(C(=O)c3cnccc3CF)C2)CC1. The van der Waals surface area contributed by atoms with Crippen LogP contribution in [-0.2, 0) is 27.2 Å². The van der Waals surface area contributed by atoms with Crippen molar-refractivity contribution in [2.24, 2.45) is 0 Å². The number of alkyl halides is 4. The summed E-state index contributed by atoms with van der Waals surface area (Å²) in [5, 5.41) is 7.26. The van der Waals surface area contributed by atoms with Crippen LogP contribution >= 0.6 is 0 Å². The topological polar surface area (TPSA) is 153 Å². The van der Waals surface area contributed by atoms with Crippen molar-refractivity contribution in [3.05, 3.63) is 83.7 Å². The molecule has 0 bridgehead atoms. The van der Waals surface area contributed by atoms with Crippen molar-refractivity contribution in [1.82, 2.24) is 25.4 Å². The van der Waals surface area contributed by atoms with Gasteiger partial charge in [-0.1, -0.05) is 12.1 Å². The van der Waals surface area contributed by atoms with Gasteiger partial charge in [-0.15, -0.1) is 0 Å².